The standard InChI is InChI=1S/C15H22N2O/c1-12-8-10-17(11-9-12)15(18)16-13(2)14-6-4-3-5-7-14/h3-7,12-13H,8-11H2,1-2H3,(H,16,18)/t13-/m1/s1. The Morgan fingerprint density at radius 1 is 1.28 bits per heavy atom. The quantitative estimate of drug-likeness (QED) is 0.854. The Morgan fingerprint density at radius 2 is 1.89 bits per heavy atom. The van der Waals surface area contributed by atoms with Crippen LogP contribution in [-0.2, 0) is 0 Å². The molecular formula is C15H22N2O. The van der Waals surface area contributed by atoms with Gasteiger partial charge in [-0.3, -0.25) is 0 Å². The molecule has 0 bridgehead atoms. The first-order chi connectivity index (χ1) is 8.66. The monoisotopic (exact) mass is 246 g/mol. The Labute approximate surface area is 109 Å². The van der Waals surface area contributed by atoms with Gasteiger partial charge in [0.05, 0.1) is 6.04 Å². The van der Waals surface area contributed by atoms with Crippen LogP contribution in [-0.4, -0.2) is 24.0 Å². The van der Waals surface area contributed by atoms with E-state index in [1.807, 2.05) is 42.2 Å². The van der Waals surface area contributed by atoms with Crippen LogP contribution in [0.5, 0.6) is 0 Å². The van der Waals surface area contributed by atoms with Gasteiger partial charge in [-0.2, -0.15) is 0 Å². The predicted molar refractivity (Wildman–Crippen MR) is 73.4 cm³/mol. The second-order valence-electron chi connectivity index (χ2n) is 5.25. The molecule has 1 heterocycles. The van der Waals surface area contributed by atoms with Crippen molar-refractivity contribution in [2.75, 3.05) is 13.1 Å². The van der Waals surface area contributed by atoms with E-state index in [1.54, 1.807) is 0 Å². The maximum Gasteiger partial charge on any atom is 0.317 e. The van der Waals surface area contributed by atoms with Crippen molar-refractivity contribution in [2.24, 2.45) is 5.92 Å². The van der Waals surface area contributed by atoms with Gasteiger partial charge >= 0.3 is 6.03 Å². The first kappa shape index (κ1) is 12.9. The van der Waals surface area contributed by atoms with Crippen molar-refractivity contribution in [1.82, 2.24) is 10.2 Å². The zero-order valence-electron chi connectivity index (χ0n) is 11.2. The molecular weight excluding hydrogens is 224 g/mol. The molecule has 0 saturated carbocycles. The SMILES string of the molecule is CC1CCN(C(=O)N[C@H](C)c2ccccc2)CC1. The third kappa shape index (κ3) is 3.25. The molecule has 1 aliphatic rings. The molecule has 1 aliphatic heterocycles. The van der Waals surface area contributed by atoms with E-state index in [2.05, 4.69) is 12.2 Å². The van der Waals surface area contributed by atoms with Crippen LogP contribution >= 0.6 is 0 Å². The summed E-state index contributed by atoms with van der Waals surface area (Å²) < 4.78 is 0. The average Bonchev–Trinajstić information content (AvgIpc) is 2.40. The number of piperidine rings is 1. The van der Waals surface area contributed by atoms with E-state index in [4.69, 9.17) is 0 Å². The van der Waals surface area contributed by atoms with Crippen LogP contribution in [0.25, 0.3) is 0 Å². The molecule has 0 unspecified atom stereocenters. The lowest BCUT2D eigenvalue weighted by Crippen LogP contribution is -2.44. The normalized spacial score (nSPS) is 18.4. The highest BCUT2D eigenvalue weighted by Crippen LogP contribution is 2.17. The van der Waals surface area contributed by atoms with Gasteiger partial charge in [-0.05, 0) is 31.2 Å². The summed E-state index contributed by atoms with van der Waals surface area (Å²) in [7, 11) is 0. The molecule has 0 aromatic heterocycles. The van der Waals surface area contributed by atoms with Crippen LogP contribution in [0.15, 0.2) is 30.3 Å². The molecule has 3 heteroatoms. The van der Waals surface area contributed by atoms with E-state index in [1.165, 1.54) is 0 Å². The van der Waals surface area contributed by atoms with Crippen molar-refractivity contribution in [3.05, 3.63) is 35.9 Å². The van der Waals surface area contributed by atoms with E-state index in [9.17, 15) is 4.79 Å². The third-order valence-electron chi connectivity index (χ3n) is 3.71. The van der Waals surface area contributed by atoms with Gasteiger partial charge < -0.3 is 10.2 Å². The lowest BCUT2D eigenvalue weighted by Gasteiger charge is -2.31. The van der Waals surface area contributed by atoms with Crippen molar-refractivity contribution < 1.29 is 4.79 Å². The molecule has 0 aliphatic carbocycles. The van der Waals surface area contributed by atoms with Crippen LogP contribution in [0.3, 0.4) is 0 Å². The summed E-state index contributed by atoms with van der Waals surface area (Å²) in [5.41, 5.74) is 1.15. The molecule has 2 rings (SSSR count). The lowest BCUT2D eigenvalue weighted by atomic mass is 9.99. The molecule has 1 N–H and O–H groups in total. The van der Waals surface area contributed by atoms with Crippen LogP contribution in [0.4, 0.5) is 4.79 Å². The van der Waals surface area contributed by atoms with E-state index in [-0.39, 0.29) is 12.1 Å². The summed E-state index contributed by atoms with van der Waals surface area (Å²) in [4.78, 5) is 14.0. The van der Waals surface area contributed by atoms with Crippen LogP contribution in [0.2, 0.25) is 0 Å². The molecule has 1 aromatic rings. The minimum atomic E-state index is 0.0676. The van der Waals surface area contributed by atoms with Crippen LogP contribution in [0.1, 0.15) is 38.3 Å². The third-order valence-corrected chi connectivity index (χ3v) is 3.71. The summed E-state index contributed by atoms with van der Waals surface area (Å²) in [6.07, 6.45) is 2.24. The van der Waals surface area contributed by atoms with Gasteiger partial charge in [-0.1, -0.05) is 37.3 Å². The van der Waals surface area contributed by atoms with Gasteiger partial charge in [-0.15, -0.1) is 0 Å². The molecule has 18 heavy (non-hydrogen) atoms. The summed E-state index contributed by atoms with van der Waals surface area (Å²) in [5.74, 6) is 0.751. The molecule has 1 fully saturated rings. The first-order valence-corrected chi connectivity index (χ1v) is 6.77. The van der Waals surface area contributed by atoms with Gasteiger partial charge in [0, 0.05) is 13.1 Å². The smallest absolute Gasteiger partial charge is 0.317 e. The second-order valence-corrected chi connectivity index (χ2v) is 5.25. The van der Waals surface area contributed by atoms with Gasteiger partial charge in [-0.25, -0.2) is 4.79 Å². The Kier molecular flexibility index (Phi) is 4.24. The van der Waals surface area contributed by atoms with Gasteiger partial charge in [0.15, 0.2) is 0 Å². The number of urea groups is 1. The Balaban J connectivity index is 1.87. The highest BCUT2D eigenvalue weighted by atomic mass is 16.2. The molecule has 2 amide bonds. The van der Waals surface area contributed by atoms with Gasteiger partial charge in [0.1, 0.15) is 0 Å². The van der Waals surface area contributed by atoms with Gasteiger partial charge in [0.25, 0.3) is 0 Å². The molecule has 98 valence electrons. The second kappa shape index (κ2) is 5.89. The molecule has 1 saturated heterocycles. The maximum absolute atomic E-state index is 12.1. The summed E-state index contributed by atoms with van der Waals surface area (Å²) in [6, 6.07) is 10.2. The Bertz CT molecular complexity index is 383. The van der Waals surface area contributed by atoms with Crippen molar-refractivity contribution in [3.63, 3.8) is 0 Å². The zero-order chi connectivity index (χ0) is 13.0. The topological polar surface area (TPSA) is 32.3 Å². The van der Waals surface area contributed by atoms with Crippen LogP contribution < -0.4 is 5.32 Å². The molecule has 0 radical (unpaired) electrons. The number of hydrogen-bond donors (Lipinski definition) is 1. The summed E-state index contributed by atoms with van der Waals surface area (Å²) >= 11 is 0. The largest absolute Gasteiger partial charge is 0.331 e. The number of hydrogen-bond acceptors (Lipinski definition) is 1. The molecule has 1 atom stereocenters. The minimum Gasteiger partial charge on any atom is -0.331 e. The Morgan fingerprint density at radius 3 is 2.50 bits per heavy atom. The minimum absolute atomic E-state index is 0.0676. The Hall–Kier alpha value is -1.51. The number of nitrogens with zero attached hydrogens (tertiary/aromatic N) is 1. The number of nitrogens with one attached hydrogen (secondary N) is 1. The number of rotatable bonds is 2. The summed E-state index contributed by atoms with van der Waals surface area (Å²) in [5, 5.41) is 3.07. The average molecular weight is 246 g/mol. The number of carbonyl (C=O) groups excluding carboxylic acids is 1. The predicted octanol–water partition coefficient (Wildman–Crippen LogP) is 3.19. The fourth-order valence-electron chi connectivity index (χ4n) is 2.31. The number of benzene rings is 1. The zero-order valence-corrected chi connectivity index (χ0v) is 11.2. The van der Waals surface area contributed by atoms with Crippen molar-refractivity contribution in [3.8, 4) is 0 Å². The molecule has 3 nitrogen and oxygen atoms in total. The molecule has 1 aromatic carbocycles. The highest BCUT2D eigenvalue weighted by Gasteiger charge is 2.21. The van der Waals surface area contributed by atoms with E-state index in [0.29, 0.717) is 0 Å². The number of likely N-dealkylation sites (tertiary alicyclic amines) is 1. The van der Waals surface area contributed by atoms with E-state index in [0.717, 1.165) is 37.4 Å². The van der Waals surface area contributed by atoms with Crippen molar-refractivity contribution in [1.29, 1.82) is 0 Å². The van der Waals surface area contributed by atoms with E-state index < -0.39 is 0 Å². The van der Waals surface area contributed by atoms with E-state index >= 15 is 0 Å². The first-order valence-electron chi connectivity index (χ1n) is 6.77. The van der Waals surface area contributed by atoms with Crippen LogP contribution in [0, 0.1) is 5.92 Å². The molecule has 0 spiro atoms. The van der Waals surface area contributed by atoms with Gasteiger partial charge in [0.2, 0.25) is 0 Å². The maximum atomic E-state index is 12.1. The fourth-order valence-corrected chi connectivity index (χ4v) is 2.31. The number of amides is 2. The number of carbonyl (C=O) groups is 1. The fraction of sp³-hybridized carbons (Fsp3) is 0.533. The van der Waals surface area contributed by atoms with Crippen molar-refractivity contribution in [2.45, 2.75) is 32.7 Å². The lowest BCUT2D eigenvalue weighted by molar-refractivity contribution is 0.171. The highest BCUT2D eigenvalue weighted by molar-refractivity contribution is 5.74. The van der Waals surface area contributed by atoms with Crippen molar-refractivity contribution >= 4 is 6.03 Å². The summed E-state index contributed by atoms with van der Waals surface area (Å²) in [6.45, 7) is 6.05.